The summed E-state index contributed by atoms with van der Waals surface area (Å²) in [6, 6.07) is 4.49. The molecule has 8 heteroatoms. The van der Waals surface area contributed by atoms with E-state index in [1.165, 1.54) is 0 Å². The lowest BCUT2D eigenvalue weighted by atomic mass is 9.84. The minimum Gasteiger partial charge on any atom is -0.348 e. The van der Waals surface area contributed by atoms with E-state index in [0.717, 1.165) is 11.3 Å². The van der Waals surface area contributed by atoms with Gasteiger partial charge in [0.1, 0.15) is 9.88 Å². The molecule has 1 N–H and O–H groups in total. The summed E-state index contributed by atoms with van der Waals surface area (Å²) < 4.78 is 39.5. The standard InChI is InChI=1S/C17H18F3N3OS/c1-10-14(25-16(22-10)13-8-4-5-9-21-13)15(24)23-12-7-3-2-6-11(12)17(18,19)20/h4-5,8-9,11-12H,2-3,6-7H2,1H3,(H,23,24)/t11-,12+/m0/s1. The van der Waals surface area contributed by atoms with Crippen LogP contribution in [-0.2, 0) is 0 Å². The number of pyridine rings is 1. The number of aromatic nitrogens is 2. The molecule has 2 aromatic heterocycles. The van der Waals surface area contributed by atoms with E-state index >= 15 is 0 Å². The van der Waals surface area contributed by atoms with Gasteiger partial charge in [-0.1, -0.05) is 18.9 Å². The summed E-state index contributed by atoms with van der Waals surface area (Å²) in [5.41, 5.74) is 1.14. The quantitative estimate of drug-likeness (QED) is 0.874. The molecule has 25 heavy (non-hydrogen) atoms. The van der Waals surface area contributed by atoms with Gasteiger partial charge in [-0.15, -0.1) is 11.3 Å². The average Bonchev–Trinajstić information content (AvgIpc) is 2.97. The maximum Gasteiger partial charge on any atom is 0.393 e. The Labute approximate surface area is 147 Å². The van der Waals surface area contributed by atoms with Gasteiger partial charge in [0.25, 0.3) is 5.91 Å². The second-order valence-corrected chi connectivity index (χ2v) is 7.16. The van der Waals surface area contributed by atoms with Crippen molar-refractivity contribution in [3.63, 3.8) is 0 Å². The van der Waals surface area contributed by atoms with Crippen molar-refractivity contribution in [2.45, 2.75) is 44.8 Å². The molecule has 1 aliphatic carbocycles. The number of hydrogen-bond donors (Lipinski definition) is 1. The van der Waals surface area contributed by atoms with Crippen LogP contribution in [0, 0.1) is 12.8 Å². The van der Waals surface area contributed by atoms with Gasteiger partial charge in [-0.2, -0.15) is 13.2 Å². The Morgan fingerprint density at radius 2 is 2.04 bits per heavy atom. The van der Waals surface area contributed by atoms with Crippen molar-refractivity contribution in [1.29, 1.82) is 0 Å². The molecule has 1 saturated carbocycles. The number of carbonyl (C=O) groups excluding carboxylic acids is 1. The first-order chi connectivity index (χ1) is 11.9. The Bertz CT molecular complexity index is 745. The first-order valence-electron chi connectivity index (χ1n) is 8.12. The van der Waals surface area contributed by atoms with Crippen LogP contribution in [0.15, 0.2) is 24.4 Å². The number of nitrogens with zero attached hydrogens (tertiary/aromatic N) is 2. The fraction of sp³-hybridized carbons (Fsp3) is 0.471. The van der Waals surface area contributed by atoms with Crippen LogP contribution in [0.25, 0.3) is 10.7 Å². The van der Waals surface area contributed by atoms with E-state index in [1.807, 2.05) is 6.07 Å². The Morgan fingerprint density at radius 3 is 2.72 bits per heavy atom. The van der Waals surface area contributed by atoms with Gasteiger partial charge < -0.3 is 5.32 Å². The molecule has 134 valence electrons. The molecule has 2 aromatic rings. The summed E-state index contributed by atoms with van der Waals surface area (Å²) in [7, 11) is 0. The monoisotopic (exact) mass is 369 g/mol. The Balaban J connectivity index is 1.78. The molecule has 0 spiro atoms. The molecule has 3 rings (SSSR count). The van der Waals surface area contributed by atoms with E-state index in [1.54, 1.807) is 25.3 Å². The maximum atomic E-state index is 13.2. The van der Waals surface area contributed by atoms with Gasteiger partial charge >= 0.3 is 6.18 Å². The van der Waals surface area contributed by atoms with Gasteiger partial charge in [-0.05, 0) is 31.9 Å². The highest BCUT2D eigenvalue weighted by Crippen LogP contribution is 2.38. The molecule has 1 fully saturated rings. The van der Waals surface area contributed by atoms with Gasteiger partial charge in [-0.3, -0.25) is 9.78 Å². The van der Waals surface area contributed by atoms with Crippen LogP contribution in [0.5, 0.6) is 0 Å². The first-order valence-corrected chi connectivity index (χ1v) is 8.94. The number of nitrogens with one attached hydrogen (secondary N) is 1. The average molecular weight is 369 g/mol. The molecule has 0 bridgehead atoms. The number of carbonyl (C=O) groups is 1. The molecule has 0 aliphatic heterocycles. The minimum atomic E-state index is -4.29. The smallest absolute Gasteiger partial charge is 0.348 e. The largest absolute Gasteiger partial charge is 0.393 e. The summed E-state index contributed by atoms with van der Waals surface area (Å²) in [6.45, 7) is 1.68. The van der Waals surface area contributed by atoms with Crippen molar-refractivity contribution >= 4 is 17.2 Å². The normalized spacial score (nSPS) is 21.1. The summed E-state index contributed by atoms with van der Waals surface area (Å²) in [5, 5.41) is 3.17. The van der Waals surface area contributed by atoms with Crippen LogP contribution < -0.4 is 5.32 Å². The maximum absolute atomic E-state index is 13.2. The predicted octanol–water partition coefficient (Wildman–Crippen LogP) is 4.36. The van der Waals surface area contributed by atoms with Gasteiger partial charge in [-0.25, -0.2) is 4.98 Å². The third kappa shape index (κ3) is 4.00. The molecular weight excluding hydrogens is 351 g/mol. The van der Waals surface area contributed by atoms with Crippen LogP contribution in [0.1, 0.15) is 41.0 Å². The molecule has 0 aromatic carbocycles. The van der Waals surface area contributed by atoms with Crippen molar-refractivity contribution in [3.05, 3.63) is 35.0 Å². The van der Waals surface area contributed by atoms with Crippen molar-refractivity contribution in [2.24, 2.45) is 5.92 Å². The highest BCUT2D eigenvalue weighted by atomic mass is 32.1. The van der Waals surface area contributed by atoms with Gasteiger partial charge in [0.05, 0.1) is 17.3 Å². The van der Waals surface area contributed by atoms with Crippen molar-refractivity contribution in [3.8, 4) is 10.7 Å². The molecule has 0 radical (unpaired) electrons. The minimum absolute atomic E-state index is 0.0648. The van der Waals surface area contributed by atoms with E-state index in [9.17, 15) is 18.0 Å². The zero-order valence-electron chi connectivity index (χ0n) is 13.6. The molecule has 2 heterocycles. The number of rotatable bonds is 3. The highest BCUT2D eigenvalue weighted by Gasteiger charge is 2.46. The molecule has 0 saturated heterocycles. The van der Waals surface area contributed by atoms with Crippen LogP contribution in [-0.4, -0.2) is 28.1 Å². The number of amides is 1. The number of aryl methyl sites for hydroxylation is 1. The number of hydrogen-bond acceptors (Lipinski definition) is 4. The van der Waals surface area contributed by atoms with E-state index in [2.05, 4.69) is 15.3 Å². The molecule has 1 aliphatic rings. The van der Waals surface area contributed by atoms with Gasteiger partial charge in [0.2, 0.25) is 0 Å². The Kier molecular flexibility index (Phi) is 5.08. The second-order valence-electron chi connectivity index (χ2n) is 6.16. The molecular formula is C17H18F3N3OS. The fourth-order valence-electron chi connectivity index (χ4n) is 3.14. The van der Waals surface area contributed by atoms with E-state index in [-0.39, 0.29) is 6.42 Å². The summed E-state index contributed by atoms with van der Waals surface area (Å²) >= 11 is 1.15. The van der Waals surface area contributed by atoms with E-state index in [0.29, 0.717) is 40.5 Å². The lowest BCUT2D eigenvalue weighted by molar-refractivity contribution is -0.187. The molecule has 1 amide bonds. The van der Waals surface area contributed by atoms with Crippen LogP contribution in [0.3, 0.4) is 0 Å². The summed E-state index contributed by atoms with van der Waals surface area (Å²) in [4.78, 5) is 21.4. The fourth-order valence-corrected chi connectivity index (χ4v) is 4.08. The SMILES string of the molecule is Cc1nc(-c2ccccn2)sc1C(=O)N[C@@H]1CCCC[C@@H]1C(F)(F)F. The topological polar surface area (TPSA) is 54.9 Å². The number of thiazole rings is 1. The zero-order valence-corrected chi connectivity index (χ0v) is 14.5. The Hall–Kier alpha value is -1.96. The van der Waals surface area contributed by atoms with Crippen LogP contribution in [0.4, 0.5) is 13.2 Å². The van der Waals surface area contributed by atoms with Crippen molar-refractivity contribution < 1.29 is 18.0 Å². The van der Waals surface area contributed by atoms with Crippen LogP contribution in [0.2, 0.25) is 0 Å². The highest BCUT2D eigenvalue weighted by molar-refractivity contribution is 7.17. The summed E-state index contributed by atoms with van der Waals surface area (Å²) in [6.07, 6.45) is -1.02. The van der Waals surface area contributed by atoms with Gasteiger partial charge in [0, 0.05) is 12.2 Å². The third-order valence-corrected chi connectivity index (χ3v) is 5.57. The van der Waals surface area contributed by atoms with Crippen molar-refractivity contribution in [1.82, 2.24) is 15.3 Å². The van der Waals surface area contributed by atoms with Crippen LogP contribution >= 0.6 is 11.3 Å². The Morgan fingerprint density at radius 1 is 1.28 bits per heavy atom. The second kappa shape index (κ2) is 7.11. The molecule has 4 nitrogen and oxygen atoms in total. The zero-order chi connectivity index (χ0) is 18.0. The lowest BCUT2D eigenvalue weighted by Crippen LogP contribution is -2.47. The lowest BCUT2D eigenvalue weighted by Gasteiger charge is -2.33. The van der Waals surface area contributed by atoms with E-state index < -0.39 is 24.0 Å². The van der Waals surface area contributed by atoms with E-state index in [4.69, 9.17) is 0 Å². The number of halogens is 3. The number of alkyl halides is 3. The van der Waals surface area contributed by atoms with Crippen molar-refractivity contribution in [2.75, 3.05) is 0 Å². The summed E-state index contributed by atoms with van der Waals surface area (Å²) in [5.74, 6) is -1.97. The molecule has 0 unspecified atom stereocenters. The molecule has 2 atom stereocenters. The predicted molar refractivity (Wildman–Crippen MR) is 89.3 cm³/mol. The van der Waals surface area contributed by atoms with Gasteiger partial charge in [0.15, 0.2) is 0 Å². The third-order valence-electron chi connectivity index (χ3n) is 4.39. The first kappa shape index (κ1) is 17.8.